The molecule has 0 radical (unpaired) electrons. The first-order valence-corrected chi connectivity index (χ1v) is 8.64. The third-order valence-corrected chi connectivity index (χ3v) is 5.76. The molecule has 3 nitrogen and oxygen atoms in total. The van der Waals surface area contributed by atoms with Crippen molar-refractivity contribution in [2.24, 2.45) is 0 Å². The van der Waals surface area contributed by atoms with Crippen LogP contribution in [0.15, 0.2) is 22.7 Å². The van der Waals surface area contributed by atoms with Gasteiger partial charge in [0.05, 0.1) is 12.3 Å². The lowest BCUT2D eigenvalue weighted by Crippen LogP contribution is -2.14. The molecular formula is C16H16BrNO2S. The largest absolute Gasteiger partial charge is 0.465 e. The first kappa shape index (κ1) is 14.7. The van der Waals surface area contributed by atoms with Gasteiger partial charge >= 0.3 is 5.97 Å². The van der Waals surface area contributed by atoms with Gasteiger partial charge in [-0.05, 0) is 44.4 Å². The Hall–Kier alpha value is -1.20. The number of carbonyl (C=O) groups excluding carboxylic acids is 1. The van der Waals surface area contributed by atoms with Crippen LogP contribution in [0.4, 0.5) is 0 Å². The summed E-state index contributed by atoms with van der Waals surface area (Å²) in [4.78, 5) is 17.9. The SMILES string of the molecule is CCOC(=O)C1CCc2sc(-c3ccc(Br)c(C)c3)nc21. The quantitative estimate of drug-likeness (QED) is 0.753. The average molecular weight is 366 g/mol. The maximum Gasteiger partial charge on any atom is 0.315 e. The molecule has 0 amide bonds. The van der Waals surface area contributed by atoms with Crippen molar-refractivity contribution in [2.75, 3.05) is 6.61 Å². The number of carbonyl (C=O) groups is 1. The monoisotopic (exact) mass is 365 g/mol. The number of rotatable bonds is 3. The molecule has 0 N–H and O–H groups in total. The highest BCUT2D eigenvalue weighted by molar-refractivity contribution is 9.10. The predicted octanol–water partition coefficient (Wildman–Crippen LogP) is 4.47. The van der Waals surface area contributed by atoms with Gasteiger partial charge in [0.15, 0.2) is 0 Å². The van der Waals surface area contributed by atoms with Crippen LogP contribution < -0.4 is 0 Å². The molecule has 1 aliphatic rings. The molecule has 110 valence electrons. The minimum absolute atomic E-state index is 0.139. The van der Waals surface area contributed by atoms with E-state index in [0.29, 0.717) is 6.61 Å². The van der Waals surface area contributed by atoms with Crippen LogP contribution in [0.5, 0.6) is 0 Å². The summed E-state index contributed by atoms with van der Waals surface area (Å²) in [5.41, 5.74) is 3.22. The fourth-order valence-electron chi connectivity index (χ4n) is 2.60. The molecule has 1 aliphatic carbocycles. The van der Waals surface area contributed by atoms with Crippen LogP contribution in [0.25, 0.3) is 10.6 Å². The number of aromatic nitrogens is 1. The second-order valence-electron chi connectivity index (χ2n) is 5.13. The number of aryl methyl sites for hydroxylation is 2. The highest BCUT2D eigenvalue weighted by Gasteiger charge is 2.33. The second-order valence-corrected chi connectivity index (χ2v) is 7.07. The molecule has 5 heteroatoms. The van der Waals surface area contributed by atoms with Crippen LogP contribution in [0.3, 0.4) is 0 Å². The van der Waals surface area contributed by atoms with Crippen molar-refractivity contribution in [1.82, 2.24) is 4.98 Å². The van der Waals surface area contributed by atoms with E-state index in [0.717, 1.165) is 33.6 Å². The maximum atomic E-state index is 12.0. The second kappa shape index (κ2) is 5.89. The molecule has 0 saturated carbocycles. The molecule has 0 saturated heterocycles. The van der Waals surface area contributed by atoms with E-state index in [1.807, 2.05) is 13.0 Å². The van der Waals surface area contributed by atoms with Crippen molar-refractivity contribution in [3.63, 3.8) is 0 Å². The third-order valence-electron chi connectivity index (χ3n) is 3.69. The summed E-state index contributed by atoms with van der Waals surface area (Å²) < 4.78 is 6.25. The molecule has 1 heterocycles. The van der Waals surface area contributed by atoms with Gasteiger partial charge in [0.1, 0.15) is 10.9 Å². The van der Waals surface area contributed by atoms with Gasteiger partial charge in [-0.1, -0.05) is 22.0 Å². The lowest BCUT2D eigenvalue weighted by Gasteiger charge is -2.08. The molecule has 1 aromatic carbocycles. The lowest BCUT2D eigenvalue weighted by atomic mass is 10.1. The van der Waals surface area contributed by atoms with E-state index < -0.39 is 0 Å². The Labute approximate surface area is 136 Å². The van der Waals surface area contributed by atoms with Gasteiger partial charge in [0, 0.05) is 14.9 Å². The first-order chi connectivity index (χ1) is 10.1. The standard InChI is InChI=1S/C16H16BrNO2S/c1-3-20-16(19)11-5-7-13-14(11)18-15(21-13)10-4-6-12(17)9(2)8-10/h4,6,8,11H,3,5,7H2,1-2H3. The van der Waals surface area contributed by atoms with E-state index in [1.54, 1.807) is 11.3 Å². The number of esters is 1. The Morgan fingerprint density at radius 1 is 1.52 bits per heavy atom. The summed E-state index contributed by atoms with van der Waals surface area (Å²) >= 11 is 5.21. The summed E-state index contributed by atoms with van der Waals surface area (Å²) in [5.74, 6) is -0.318. The van der Waals surface area contributed by atoms with Crippen molar-refractivity contribution < 1.29 is 9.53 Å². The van der Waals surface area contributed by atoms with E-state index >= 15 is 0 Å². The molecule has 2 aromatic rings. The number of halogens is 1. The van der Waals surface area contributed by atoms with Gasteiger partial charge in [-0.3, -0.25) is 4.79 Å². The van der Waals surface area contributed by atoms with Crippen LogP contribution in [-0.4, -0.2) is 17.6 Å². The number of benzene rings is 1. The number of ether oxygens (including phenoxy) is 1. The zero-order valence-corrected chi connectivity index (χ0v) is 14.4. The van der Waals surface area contributed by atoms with Crippen molar-refractivity contribution >= 4 is 33.2 Å². The summed E-state index contributed by atoms with van der Waals surface area (Å²) in [7, 11) is 0. The topological polar surface area (TPSA) is 39.2 Å². The summed E-state index contributed by atoms with van der Waals surface area (Å²) in [6.45, 7) is 4.33. The van der Waals surface area contributed by atoms with Crippen molar-refractivity contribution in [3.8, 4) is 10.6 Å². The Morgan fingerprint density at radius 2 is 2.33 bits per heavy atom. The highest BCUT2D eigenvalue weighted by Crippen LogP contribution is 2.40. The molecule has 1 unspecified atom stereocenters. The zero-order valence-electron chi connectivity index (χ0n) is 12.0. The smallest absolute Gasteiger partial charge is 0.315 e. The molecule has 0 spiro atoms. The van der Waals surface area contributed by atoms with Gasteiger partial charge in [0.2, 0.25) is 0 Å². The number of fused-ring (bicyclic) bond motifs is 1. The van der Waals surface area contributed by atoms with Crippen molar-refractivity contribution in [1.29, 1.82) is 0 Å². The molecule has 1 atom stereocenters. The van der Waals surface area contributed by atoms with Gasteiger partial charge in [-0.2, -0.15) is 0 Å². The van der Waals surface area contributed by atoms with Crippen molar-refractivity contribution in [2.45, 2.75) is 32.6 Å². The van der Waals surface area contributed by atoms with Crippen LogP contribution in [0.2, 0.25) is 0 Å². The zero-order chi connectivity index (χ0) is 15.0. The van der Waals surface area contributed by atoms with E-state index in [4.69, 9.17) is 9.72 Å². The molecule has 3 rings (SSSR count). The summed E-state index contributed by atoms with van der Waals surface area (Å²) in [6, 6.07) is 6.22. The minimum Gasteiger partial charge on any atom is -0.465 e. The van der Waals surface area contributed by atoms with E-state index in [-0.39, 0.29) is 11.9 Å². The Kier molecular flexibility index (Phi) is 4.13. The van der Waals surface area contributed by atoms with Crippen LogP contribution >= 0.6 is 27.3 Å². The van der Waals surface area contributed by atoms with Crippen LogP contribution in [0, 0.1) is 6.92 Å². The summed E-state index contributed by atoms with van der Waals surface area (Å²) in [5, 5.41) is 0.990. The summed E-state index contributed by atoms with van der Waals surface area (Å²) in [6.07, 6.45) is 1.75. The number of hydrogen-bond acceptors (Lipinski definition) is 4. The molecule has 0 fully saturated rings. The Balaban J connectivity index is 1.92. The Bertz CT molecular complexity index is 696. The lowest BCUT2D eigenvalue weighted by molar-refractivity contribution is -0.145. The average Bonchev–Trinajstić information content (AvgIpc) is 3.01. The van der Waals surface area contributed by atoms with E-state index in [1.165, 1.54) is 10.4 Å². The maximum absolute atomic E-state index is 12.0. The van der Waals surface area contributed by atoms with Crippen LogP contribution in [0.1, 0.15) is 35.4 Å². The van der Waals surface area contributed by atoms with Gasteiger partial charge in [0.25, 0.3) is 0 Å². The first-order valence-electron chi connectivity index (χ1n) is 7.03. The number of thiazole rings is 1. The van der Waals surface area contributed by atoms with Crippen molar-refractivity contribution in [3.05, 3.63) is 38.8 Å². The number of hydrogen-bond donors (Lipinski definition) is 0. The van der Waals surface area contributed by atoms with E-state index in [2.05, 4.69) is 35.0 Å². The molecule has 1 aromatic heterocycles. The minimum atomic E-state index is -0.179. The molecular weight excluding hydrogens is 350 g/mol. The predicted molar refractivity (Wildman–Crippen MR) is 87.7 cm³/mol. The van der Waals surface area contributed by atoms with Gasteiger partial charge in [-0.25, -0.2) is 4.98 Å². The number of nitrogens with zero attached hydrogens (tertiary/aromatic N) is 1. The van der Waals surface area contributed by atoms with Gasteiger partial charge < -0.3 is 4.74 Å². The normalized spacial score (nSPS) is 16.8. The van der Waals surface area contributed by atoms with Gasteiger partial charge in [-0.15, -0.1) is 11.3 Å². The fourth-order valence-corrected chi connectivity index (χ4v) is 3.98. The molecule has 0 bridgehead atoms. The highest BCUT2D eigenvalue weighted by atomic mass is 79.9. The van der Waals surface area contributed by atoms with E-state index in [9.17, 15) is 4.79 Å². The van der Waals surface area contributed by atoms with Crippen LogP contribution in [-0.2, 0) is 16.0 Å². The fraction of sp³-hybridized carbons (Fsp3) is 0.375. The molecule has 21 heavy (non-hydrogen) atoms. The molecule has 0 aliphatic heterocycles. The Morgan fingerprint density at radius 3 is 3.05 bits per heavy atom. The third kappa shape index (κ3) is 2.77.